The van der Waals surface area contributed by atoms with Crippen molar-refractivity contribution in [2.45, 2.75) is 39.0 Å². The van der Waals surface area contributed by atoms with E-state index in [1.165, 1.54) is 12.4 Å². The van der Waals surface area contributed by atoms with Crippen molar-refractivity contribution in [1.29, 1.82) is 5.26 Å². The number of hydrogen-bond acceptors (Lipinski definition) is 8. The quantitative estimate of drug-likeness (QED) is 0.355. The lowest BCUT2D eigenvalue weighted by Gasteiger charge is -2.37. The number of alkyl halides is 3. The number of aromatic nitrogens is 5. The van der Waals surface area contributed by atoms with Gasteiger partial charge in [-0.05, 0) is 38.5 Å². The van der Waals surface area contributed by atoms with Crippen LogP contribution in [0.25, 0.3) is 22.3 Å². The van der Waals surface area contributed by atoms with E-state index in [4.69, 9.17) is 0 Å². The van der Waals surface area contributed by atoms with Crippen LogP contribution in [-0.4, -0.2) is 62.0 Å². The van der Waals surface area contributed by atoms with E-state index in [0.29, 0.717) is 11.6 Å². The SMILES string of the molecule is CC(Nc1ncc(C#N)c(-c2c[nH]c3ncc(C(F)(F)F)cc23)n1)c1ccc(N2CCN(C(C)C)CC2)nc1. The predicted octanol–water partition coefficient (Wildman–Crippen LogP) is 5.01. The number of piperazine rings is 1. The van der Waals surface area contributed by atoms with Gasteiger partial charge in [-0.25, -0.2) is 19.9 Å². The van der Waals surface area contributed by atoms with Gasteiger partial charge in [-0.15, -0.1) is 0 Å². The Hall–Kier alpha value is -4.24. The highest BCUT2D eigenvalue weighted by Crippen LogP contribution is 2.35. The van der Waals surface area contributed by atoms with Crippen molar-refractivity contribution in [3.05, 3.63) is 59.7 Å². The number of hydrogen-bond donors (Lipinski definition) is 2. The highest BCUT2D eigenvalue weighted by atomic mass is 19.4. The van der Waals surface area contributed by atoms with E-state index in [1.807, 2.05) is 31.3 Å². The third kappa shape index (κ3) is 5.49. The van der Waals surface area contributed by atoms with Gasteiger partial charge in [0.1, 0.15) is 17.5 Å². The second-order valence-corrected chi connectivity index (χ2v) is 9.82. The predicted molar refractivity (Wildman–Crippen MR) is 142 cm³/mol. The number of H-pyrrole nitrogens is 1. The van der Waals surface area contributed by atoms with Crippen molar-refractivity contribution in [3.8, 4) is 17.3 Å². The molecule has 1 fully saturated rings. The highest BCUT2D eigenvalue weighted by Gasteiger charge is 2.32. The van der Waals surface area contributed by atoms with Crippen molar-refractivity contribution in [2.75, 3.05) is 36.4 Å². The summed E-state index contributed by atoms with van der Waals surface area (Å²) < 4.78 is 39.9. The summed E-state index contributed by atoms with van der Waals surface area (Å²) in [6, 6.07) is 7.35. The second-order valence-electron chi connectivity index (χ2n) is 9.82. The molecule has 12 heteroatoms. The Bertz CT molecular complexity index is 1500. The fourth-order valence-electron chi connectivity index (χ4n) is 4.68. The molecule has 0 saturated carbocycles. The van der Waals surface area contributed by atoms with E-state index in [2.05, 4.69) is 53.9 Å². The second kappa shape index (κ2) is 10.5. The third-order valence-corrected chi connectivity index (χ3v) is 7.01. The van der Waals surface area contributed by atoms with E-state index in [-0.39, 0.29) is 34.3 Å². The van der Waals surface area contributed by atoms with Crippen molar-refractivity contribution < 1.29 is 13.2 Å². The molecule has 1 aliphatic rings. The zero-order valence-corrected chi connectivity index (χ0v) is 21.8. The van der Waals surface area contributed by atoms with E-state index in [0.717, 1.165) is 49.8 Å². The molecule has 4 aromatic rings. The lowest BCUT2D eigenvalue weighted by atomic mass is 10.1. The summed E-state index contributed by atoms with van der Waals surface area (Å²) in [4.78, 5) is 24.9. The lowest BCUT2D eigenvalue weighted by molar-refractivity contribution is -0.137. The summed E-state index contributed by atoms with van der Waals surface area (Å²) >= 11 is 0. The number of rotatable bonds is 6. The van der Waals surface area contributed by atoms with Gasteiger partial charge in [0.2, 0.25) is 5.95 Å². The highest BCUT2D eigenvalue weighted by molar-refractivity contribution is 5.94. The molecule has 0 spiro atoms. The maximum atomic E-state index is 13.3. The van der Waals surface area contributed by atoms with Gasteiger partial charge in [-0.1, -0.05) is 6.07 Å². The topological polar surface area (TPSA) is 110 Å². The minimum Gasteiger partial charge on any atom is -0.354 e. The van der Waals surface area contributed by atoms with Gasteiger partial charge in [-0.3, -0.25) is 4.90 Å². The normalized spacial score (nSPS) is 15.5. The van der Waals surface area contributed by atoms with E-state index >= 15 is 0 Å². The summed E-state index contributed by atoms with van der Waals surface area (Å²) in [6.45, 7) is 10.2. The molecule has 0 bridgehead atoms. The Morgan fingerprint density at radius 3 is 2.44 bits per heavy atom. The first kappa shape index (κ1) is 26.4. The van der Waals surface area contributed by atoms with Crippen molar-refractivity contribution in [2.24, 2.45) is 0 Å². The standard InChI is InChI=1S/C27H28F3N9/c1-16(2)38-6-8-39(9-7-38)23-5-4-18(12-32-23)17(3)36-26-35-13-19(11-31)24(37-26)22-15-34-25-21(22)10-20(14-33-25)27(28,29)30/h4-5,10,12-17H,6-9H2,1-3H3,(H,33,34)(H,35,36,37). The van der Waals surface area contributed by atoms with Crippen molar-refractivity contribution in [3.63, 3.8) is 0 Å². The molecule has 5 rings (SSSR count). The fourth-order valence-corrected chi connectivity index (χ4v) is 4.68. The summed E-state index contributed by atoms with van der Waals surface area (Å²) in [6.07, 6.45) is 0.893. The van der Waals surface area contributed by atoms with Crippen LogP contribution in [0.4, 0.5) is 24.9 Å². The fraction of sp³-hybridized carbons (Fsp3) is 0.370. The van der Waals surface area contributed by atoms with Gasteiger partial charge in [0.05, 0.1) is 29.1 Å². The minimum atomic E-state index is -4.55. The van der Waals surface area contributed by atoms with Gasteiger partial charge in [0.25, 0.3) is 0 Å². The van der Waals surface area contributed by atoms with Crippen LogP contribution in [0.15, 0.2) is 43.0 Å². The molecule has 1 atom stereocenters. The molecule has 39 heavy (non-hydrogen) atoms. The van der Waals surface area contributed by atoms with Gasteiger partial charge in [-0.2, -0.15) is 18.4 Å². The maximum Gasteiger partial charge on any atom is 0.417 e. The zero-order valence-electron chi connectivity index (χ0n) is 21.8. The number of halogens is 3. The smallest absolute Gasteiger partial charge is 0.354 e. The van der Waals surface area contributed by atoms with Crippen LogP contribution in [-0.2, 0) is 6.18 Å². The Morgan fingerprint density at radius 2 is 1.79 bits per heavy atom. The molecule has 1 saturated heterocycles. The number of nitrogens with one attached hydrogen (secondary N) is 2. The number of nitriles is 1. The molecule has 9 nitrogen and oxygen atoms in total. The molecule has 1 aliphatic heterocycles. The van der Waals surface area contributed by atoms with Crippen molar-refractivity contribution >= 4 is 22.8 Å². The Kier molecular flexibility index (Phi) is 7.10. The Morgan fingerprint density at radius 1 is 1.03 bits per heavy atom. The molecule has 4 aromatic heterocycles. The van der Waals surface area contributed by atoms with Crippen LogP contribution in [0.2, 0.25) is 0 Å². The molecule has 0 aromatic carbocycles. The van der Waals surface area contributed by atoms with Crippen LogP contribution < -0.4 is 10.2 Å². The third-order valence-electron chi connectivity index (χ3n) is 7.01. The van der Waals surface area contributed by atoms with Gasteiger partial charge in [0, 0.05) is 61.8 Å². The summed E-state index contributed by atoms with van der Waals surface area (Å²) in [5.41, 5.74) is 0.981. The van der Waals surface area contributed by atoms with E-state index in [1.54, 1.807) is 0 Å². The molecule has 0 amide bonds. The van der Waals surface area contributed by atoms with Crippen LogP contribution >= 0.6 is 0 Å². The summed E-state index contributed by atoms with van der Waals surface area (Å²) in [5, 5.41) is 13.1. The molecule has 0 aliphatic carbocycles. The molecular formula is C27H28F3N9. The molecular weight excluding hydrogens is 507 g/mol. The first-order valence-electron chi connectivity index (χ1n) is 12.7. The van der Waals surface area contributed by atoms with E-state index < -0.39 is 11.7 Å². The first-order chi connectivity index (χ1) is 18.6. The number of fused-ring (bicyclic) bond motifs is 1. The zero-order chi connectivity index (χ0) is 27.7. The minimum absolute atomic E-state index is 0.134. The van der Waals surface area contributed by atoms with Gasteiger partial charge in [0.15, 0.2) is 0 Å². The van der Waals surface area contributed by atoms with Crippen LogP contribution in [0.5, 0.6) is 0 Å². The number of aromatic amines is 1. The van der Waals surface area contributed by atoms with Crippen molar-refractivity contribution in [1.82, 2.24) is 29.8 Å². The first-order valence-corrected chi connectivity index (χ1v) is 12.7. The molecule has 0 radical (unpaired) electrons. The van der Waals surface area contributed by atoms with Crippen LogP contribution in [0, 0.1) is 11.3 Å². The van der Waals surface area contributed by atoms with Crippen LogP contribution in [0.1, 0.15) is 43.5 Å². The Labute approximate surface area is 223 Å². The van der Waals surface area contributed by atoms with Crippen LogP contribution in [0.3, 0.4) is 0 Å². The monoisotopic (exact) mass is 535 g/mol. The average molecular weight is 536 g/mol. The number of pyridine rings is 2. The maximum absolute atomic E-state index is 13.3. The molecule has 2 N–H and O–H groups in total. The summed E-state index contributed by atoms with van der Waals surface area (Å²) in [7, 11) is 0. The molecule has 1 unspecified atom stereocenters. The lowest BCUT2D eigenvalue weighted by Crippen LogP contribution is -2.49. The Balaban J connectivity index is 1.35. The molecule has 202 valence electrons. The van der Waals surface area contributed by atoms with E-state index in [9.17, 15) is 18.4 Å². The average Bonchev–Trinajstić information content (AvgIpc) is 3.36. The number of anilines is 2. The van der Waals surface area contributed by atoms with Gasteiger partial charge >= 0.3 is 6.18 Å². The largest absolute Gasteiger partial charge is 0.417 e. The van der Waals surface area contributed by atoms with Gasteiger partial charge < -0.3 is 15.2 Å². The molecule has 5 heterocycles. The number of nitrogens with zero attached hydrogens (tertiary/aromatic N) is 7. The summed E-state index contributed by atoms with van der Waals surface area (Å²) in [5.74, 6) is 1.16.